The predicted octanol–water partition coefficient (Wildman–Crippen LogP) is 2.11. The monoisotopic (exact) mass is 288 g/mol. The standard InChI is InChI=1S/C16H20N2O3/c1-10-5-14-15(6-11(10)2)18(9-17-14)4-3-13-7-12(19)8-16(20)21-13/h5-6,9,12-13,19H,3-4,7-8H2,1-2H3/t12-,13-/m1/s1. The number of benzene rings is 1. The van der Waals surface area contributed by atoms with Gasteiger partial charge in [0.25, 0.3) is 0 Å². The summed E-state index contributed by atoms with van der Waals surface area (Å²) in [5.74, 6) is -0.305. The SMILES string of the molecule is Cc1cc2ncn(CC[C@@H]3C[C@@H](O)CC(=O)O3)c2cc1C. The van der Waals surface area contributed by atoms with Crippen molar-refractivity contribution in [3.63, 3.8) is 0 Å². The number of ether oxygens (including phenoxy) is 1. The quantitative estimate of drug-likeness (QED) is 0.879. The number of imidazole rings is 1. The Hall–Kier alpha value is -1.88. The molecule has 1 aliphatic rings. The number of esters is 1. The molecule has 2 aromatic rings. The number of rotatable bonds is 3. The van der Waals surface area contributed by atoms with Gasteiger partial charge in [0, 0.05) is 19.4 Å². The number of aryl methyl sites for hydroxylation is 3. The lowest BCUT2D eigenvalue weighted by Crippen LogP contribution is -2.33. The fraction of sp³-hybridized carbons (Fsp3) is 0.500. The van der Waals surface area contributed by atoms with Crippen LogP contribution in [0.2, 0.25) is 0 Å². The second-order valence-corrected chi connectivity index (χ2v) is 5.86. The van der Waals surface area contributed by atoms with Crippen molar-refractivity contribution in [2.75, 3.05) is 0 Å². The van der Waals surface area contributed by atoms with E-state index < -0.39 is 6.10 Å². The number of aliphatic hydroxyl groups is 1. The van der Waals surface area contributed by atoms with Crippen LogP contribution in [0.3, 0.4) is 0 Å². The maximum absolute atomic E-state index is 11.3. The van der Waals surface area contributed by atoms with E-state index in [0.717, 1.165) is 17.6 Å². The van der Waals surface area contributed by atoms with Crippen LogP contribution >= 0.6 is 0 Å². The van der Waals surface area contributed by atoms with Crippen molar-refractivity contribution in [2.45, 2.75) is 51.9 Å². The molecule has 1 aromatic carbocycles. The van der Waals surface area contributed by atoms with Crippen molar-refractivity contribution in [1.82, 2.24) is 9.55 Å². The summed E-state index contributed by atoms with van der Waals surface area (Å²) in [4.78, 5) is 15.8. The van der Waals surface area contributed by atoms with Crippen molar-refractivity contribution in [2.24, 2.45) is 0 Å². The summed E-state index contributed by atoms with van der Waals surface area (Å²) in [6.45, 7) is 4.89. The van der Waals surface area contributed by atoms with Gasteiger partial charge >= 0.3 is 5.97 Å². The fourth-order valence-electron chi connectivity index (χ4n) is 2.81. The lowest BCUT2D eigenvalue weighted by Gasteiger charge is -2.26. The normalized spacial score (nSPS) is 22.5. The molecule has 5 heteroatoms. The number of carbonyl (C=O) groups is 1. The molecule has 0 amide bonds. The molecule has 0 radical (unpaired) electrons. The van der Waals surface area contributed by atoms with E-state index in [1.165, 1.54) is 11.1 Å². The third-order valence-electron chi connectivity index (χ3n) is 4.16. The summed E-state index contributed by atoms with van der Waals surface area (Å²) in [6.07, 6.45) is 2.39. The number of hydrogen-bond donors (Lipinski definition) is 1. The predicted molar refractivity (Wildman–Crippen MR) is 78.9 cm³/mol. The van der Waals surface area contributed by atoms with E-state index in [9.17, 15) is 9.90 Å². The number of cyclic esters (lactones) is 1. The van der Waals surface area contributed by atoms with Gasteiger partial charge in [0.05, 0.1) is 29.9 Å². The van der Waals surface area contributed by atoms with Gasteiger partial charge < -0.3 is 14.4 Å². The number of carbonyl (C=O) groups excluding carboxylic acids is 1. The zero-order valence-electron chi connectivity index (χ0n) is 12.4. The molecule has 5 nitrogen and oxygen atoms in total. The third kappa shape index (κ3) is 2.93. The molecule has 0 unspecified atom stereocenters. The number of aliphatic hydroxyl groups excluding tert-OH is 1. The molecule has 3 rings (SSSR count). The smallest absolute Gasteiger partial charge is 0.308 e. The first-order valence-corrected chi connectivity index (χ1v) is 7.32. The second kappa shape index (κ2) is 5.48. The fourth-order valence-corrected chi connectivity index (χ4v) is 2.81. The summed E-state index contributed by atoms with van der Waals surface area (Å²) in [5.41, 5.74) is 4.56. The molecule has 2 atom stereocenters. The van der Waals surface area contributed by atoms with Crippen LogP contribution in [-0.4, -0.2) is 32.8 Å². The van der Waals surface area contributed by atoms with Crippen LogP contribution < -0.4 is 0 Å². The maximum Gasteiger partial charge on any atom is 0.308 e. The highest BCUT2D eigenvalue weighted by Crippen LogP contribution is 2.21. The van der Waals surface area contributed by atoms with E-state index in [0.29, 0.717) is 12.8 Å². The summed E-state index contributed by atoms with van der Waals surface area (Å²) in [6, 6.07) is 4.23. The Morgan fingerprint density at radius 3 is 2.90 bits per heavy atom. The maximum atomic E-state index is 11.3. The van der Waals surface area contributed by atoms with Gasteiger partial charge in [0.15, 0.2) is 0 Å². The first-order valence-electron chi connectivity index (χ1n) is 7.32. The van der Waals surface area contributed by atoms with Crippen LogP contribution in [0.1, 0.15) is 30.4 Å². The van der Waals surface area contributed by atoms with Crippen LogP contribution in [0.25, 0.3) is 11.0 Å². The molecule has 0 bridgehead atoms. The minimum Gasteiger partial charge on any atom is -0.462 e. The Morgan fingerprint density at radius 2 is 2.14 bits per heavy atom. The van der Waals surface area contributed by atoms with E-state index in [1.807, 2.05) is 6.33 Å². The molecule has 112 valence electrons. The van der Waals surface area contributed by atoms with Gasteiger partial charge in [0.1, 0.15) is 6.10 Å². The highest BCUT2D eigenvalue weighted by Gasteiger charge is 2.26. The Kier molecular flexibility index (Phi) is 3.68. The van der Waals surface area contributed by atoms with E-state index >= 15 is 0 Å². The van der Waals surface area contributed by atoms with Gasteiger partial charge in [-0.15, -0.1) is 0 Å². The summed E-state index contributed by atoms with van der Waals surface area (Å²) >= 11 is 0. The van der Waals surface area contributed by atoms with Crippen molar-refractivity contribution >= 4 is 17.0 Å². The molecule has 0 spiro atoms. The number of fused-ring (bicyclic) bond motifs is 1. The molecule has 1 aliphatic heterocycles. The Balaban J connectivity index is 1.73. The van der Waals surface area contributed by atoms with Crippen LogP contribution in [0.4, 0.5) is 0 Å². The molecule has 0 aliphatic carbocycles. The zero-order chi connectivity index (χ0) is 15.0. The van der Waals surface area contributed by atoms with Crippen molar-refractivity contribution in [3.05, 3.63) is 29.6 Å². The summed E-state index contributed by atoms with van der Waals surface area (Å²) in [5, 5.41) is 9.63. The van der Waals surface area contributed by atoms with Crippen molar-refractivity contribution in [1.29, 1.82) is 0 Å². The summed E-state index contributed by atoms with van der Waals surface area (Å²) < 4.78 is 7.36. The van der Waals surface area contributed by atoms with Gasteiger partial charge in [-0.25, -0.2) is 4.98 Å². The van der Waals surface area contributed by atoms with Gasteiger partial charge in [-0.1, -0.05) is 0 Å². The van der Waals surface area contributed by atoms with Crippen LogP contribution in [0, 0.1) is 13.8 Å². The molecule has 1 fully saturated rings. The highest BCUT2D eigenvalue weighted by molar-refractivity contribution is 5.77. The van der Waals surface area contributed by atoms with Crippen LogP contribution in [0.5, 0.6) is 0 Å². The molecule has 21 heavy (non-hydrogen) atoms. The Bertz CT molecular complexity index is 677. The number of nitrogens with zero attached hydrogens (tertiary/aromatic N) is 2. The van der Waals surface area contributed by atoms with Gasteiger partial charge in [-0.05, 0) is 37.1 Å². The molecule has 2 heterocycles. The van der Waals surface area contributed by atoms with Crippen molar-refractivity contribution in [3.8, 4) is 0 Å². The van der Waals surface area contributed by atoms with Crippen molar-refractivity contribution < 1.29 is 14.6 Å². The third-order valence-corrected chi connectivity index (χ3v) is 4.16. The van der Waals surface area contributed by atoms with Crippen LogP contribution in [-0.2, 0) is 16.1 Å². The molecule has 1 aromatic heterocycles. The lowest BCUT2D eigenvalue weighted by molar-refractivity contribution is -0.160. The van der Waals surface area contributed by atoms with Gasteiger partial charge in [0.2, 0.25) is 0 Å². The highest BCUT2D eigenvalue weighted by atomic mass is 16.5. The van der Waals surface area contributed by atoms with Gasteiger partial charge in [-0.2, -0.15) is 0 Å². The van der Waals surface area contributed by atoms with E-state index in [2.05, 4.69) is 35.5 Å². The van der Waals surface area contributed by atoms with E-state index in [-0.39, 0.29) is 18.5 Å². The Labute approximate surface area is 123 Å². The average molecular weight is 288 g/mol. The number of hydrogen-bond acceptors (Lipinski definition) is 4. The summed E-state index contributed by atoms with van der Waals surface area (Å²) in [7, 11) is 0. The molecular formula is C16H20N2O3. The Morgan fingerprint density at radius 1 is 1.38 bits per heavy atom. The first kappa shape index (κ1) is 14.1. The average Bonchev–Trinajstić information content (AvgIpc) is 2.78. The topological polar surface area (TPSA) is 64.3 Å². The lowest BCUT2D eigenvalue weighted by atomic mass is 10.0. The zero-order valence-corrected chi connectivity index (χ0v) is 12.4. The molecule has 1 N–H and O–H groups in total. The largest absolute Gasteiger partial charge is 0.462 e. The van der Waals surface area contributed by atoms with E-state index in [1.54, 1.807) is 0 Å². The minimum absolute atomic E-state index is 0.114. The molecule has 1 saturated heterocycles. The molecular weight excluding hydrogens is 268 g/mol. The minimum atomic E-state index is -0.569. The van der Waals surface area contributed by atoms with Crippen LogP contribution in [0.15, 0.2) is 18.5 Å². The van der Waals surface area contributed by atoms with E-state index in [4.69, 9.17) is 4.74 Å². The molecule has 0 saturated carbocycles. The van der Waals surface area contributed by atoms with Gasteiger partial charge in [-0.3, -0.25) is 4.79 Å². The first-order chi connectivity index (χ1) is 10.0. The number of aromatic nitrogens is 2. The second-order valence-electron chi connectivity index (χ2n) is 5.86.